The van der Waals surface area contributed by atoms with Crippen LogP contribution in [0.15, 0.2) is 26.9 Å². The second-order valence-electron chi connectivity index (χ2n) is 3.13. The smallest absolute Gasteiger partial charge is 0.172 e. The van der Waals surface area contributed by atoms with Crippen molar-refractivity contribution in [3.05, 3.63) is 22.7 Å². The van der Waals surface area contributed by atoms with Crippen molar-refractivity contribution in [2.45, 2.75) is 16.7 Å². The van der Waals surface area contributed by atoms with E-state index in [-0.39, 0.29) is 6.54 Å². The molecule has 0 amide bonds. The number of halogens is 1. The fraction of sp³-hybridized carbons (Fsp3) is 0.200. The van der Waals surface area contributed by atoms with Gasteiger partial charge >= 0.3 is 0 Å². The molecule has 0 radical (unpaired) electrons. The summed E-state index contributed by atoms with van der Waals surface area (Å²) in [5.41, 5.74) is 1.06. The van der Waals surface area contributed by atoms with E-state index in [0.717, 1.165) is 25.5 Å². The Morgan fingerprint density at radius 2 is 2.31 bits per heavy atom. The first-order chi connectivity index (χ1) is 7.70. The Labute approximate surface area is 107 Å². The van der Waals surface area contributed by atoms with Gasteiger partial charge in [-0.2, -0.15) is 5.26 Å². The SMILES string of the molecule is Cc1cc2c(cc1Cl)SC(=NCC#N)NS2. The normalized spacial score (nSPS) is 16.4. The quantitative estimate of drug-likeness (QED) is 0.628. The maximum Gasteiger partial charge on any atom is 0.172 e. The Morgan fingerprint density at radius 3 is 3.06 bits per heavy atom. The lowest BCUT2D eigenvalue weighted by molar-refractivity contribution is 1.18. The summed E-state index contributed by atoms with van der Waals surface area (Å²) in [5.74, 6) is 0. The lowest BCUT2D eigenvalue weighted by Gasteiger charge is -2.18. The molecule has 16 heavy (non-hydrogen) atoms. The van der Waals surface area contributed by atoms with Crippen LogP contribution < -0.4 is 4.72 Å². The maximum absolute atomic E-state index is 8.45. The first-order valence-corrected chi connectivity index (χ1v) is 6.54. The van der Waals surface area contributed by atoms with Crippen molar-refractivity contribution in [2.24, 2.45) is 4.99 Å². The highest BCUT2D eigenvalue weighted by molar-refractivity contribution is 8.17. The third-order valence-corrected chi connectivity index (χ3v) is 4.47. The molecule has 0 unspecified atom stereocenters. The second kappa shape index (κ2) is 5.00. The summed E-state index contributed by atoms with van der Waals surface area (Å²) < 4.78 is 3.09. The van der Waals surface area contributed by atoms with E-state index in [2.05, 4.69) is 9.71 Å². The third kappa shape index (κ3) is 2.46. The van der Waals surface area contributed by atoms with Crippen molar-refractivity contribution in [3.8, 4) is 6.07 Å². The van der Waals surface area contributed by atoms with E-state index in [4.69, 9.17) is 16.9 Å². The van der Waals surface area contributed by atoms with E-state index in [1.165, 1.54) is 23.7 Å². The Morgan fingerprint density at radius 1 is 1.50 bits per heavy atom. The van der Waals surface area contributed by atoms with Crippen LogP contribution in [0.4, 0.5) is 0 Å². The van der Waals surface area contributed by atoms with Crippen LogP contribution in [-0.2, 0) is 0 Å². The van der Waals surface area contributed by atoms with Crippen LogP contribution in [0, 0.1) is 18.3 Å². The maximum atomic E-state index is 8.45. The molecule has 1 aliphatic rings. The van der Waals surface area contributed by atoms with Gasteiger partial charge in [-0.15, -0.1) is 0 Å². The Bertz CT molecular complexity index is 494. The molecular formula is C10H8ClN3S2. The molecule has 82 valence electrons. The van der Waals surface area contributed by atoms with E-state index in [0.29, 0.717) is 0 Å². The number of thioether (sulfide) groups is 1. The Hall–Kier alpha value is -0.830. The fourth-order valence-corrected chi connectivity index (χ4v) is 3.29. The van der Waals surface area contributed by atoms with Crippen LogP contribution in [0.1, 0.15) is 5.56 Å². The number of amidine groups is 1. The van der Waals surface area contributed by atoms with Gasteiger partial charge in [-0.05, 0) is 36.6 Å². The van der Waals surface area contributed by atoms with Gasteiger partial charge < -0.3 is 4.72 Å². The zero-order chi connectivity index (χ0) is 11.5. The van der Waals surface area contributed by atoms with Gasteiger partial charge in [0.05, 0.1) is 6.07 Å². The van der Waals surface area contributed by atoms with Crippen molar-refractivity contribution in [3.63, 3.8) is 0 Å². The van der Waals surface area contributed by atoms with Crippen LogP contribution in [0.2, 0.25) is 5.02 Å². The van der Waals surface area contributed by atoms with Gasteiger partial charge in [0.25, 0.3) is 0 Å². The number of rotatable bonds is 1. The van der Waals surface area contributed by atoms with Crippen LogP contribution in [0.3, 0.4) is 0 Å². The van der Waals surface area contributed by atoms with Gasteiger partial charge in [0, 0.05) is 14.8 Å². The average Bonchev–Trinajstić information content (AvgIpc) is 2.28. The number of benzene rings is 1. The molecule has 6 heteroatoms. The summed E-state index contributed by atoms with van der Waals surface area (Å²) >= 11 is 9.07. The minimum atomic E-state index is 0.171. The summed E-state index contributed by atoms with van der Waals surface area (Å²) in [5, 5.41) is 9.96. The fourth-order valence-electron chi connectivity index (χ4n) is 1.19. The van der Waals surface area contributed by atoms with Crippen molar-refractivity contribution >= 4 is 40.5 Å². The van der Waals surface area contributed by atoms with E-state index in [1.807, 2.05) is 25.1 Å². The largest absolute Gasteiger partial charge is 0.305 e. The summed E-state index contributed by atoms with van der Waals surface area (Å²) in [6, 6.07) is 5.97. The number of nitrogens with one attached hydrogen (secondary N) is 1. The molecule has 1 aliphatic heterocycles. The molecule has 0 aliphatic carbocycles. The molecule has 0 bridgehead atoms. The molecule has 0 saturated carbocycles. The van der Waals surface area contributed by atoms with Gasteiger partial charge in [0.15, 0.2) is 5.17 Å². The predicted molar refractivity (Wildman–Crippen MR) is 69.0 cm³/mol. The summed E-state index contributed by atoms with van der Waals surface area (Å²) in [7, 11) is 0. The number of hydrogen-bond acceptors (Lipinski definition) is 4. The topological polar surface area (TPSA) is 48.2 Å². The highest BCUT2D eigenvalue weighted by Crippen LogP contribution is 2.38. The summed E-state index contributed by atoms with van der Waals surface area (Å²) in [6.07, 6.45) is 0. The molecule has 0 spiro atoms. The standard InChI is InChI=1S/C10H8ClN3S2/c1-6-4-9-8(5-7(6)11)15-10(14-16-9)13-3-2-12/h4-5H,3H2,1H3,(H,13,14). The first kappa shape index (κ1) is 11.6. The highest BCUT2D eigenvalue weighted by atomic mass is 35.5. The van der Waals surface area contributed by atoms with Crippen LogP contribution in [-0.4, -0.2) is 11.7 Å². The van der Waals surface area contributed by atoms with Gasteiger partial charge in [-0.25, -0.2) is 4.99 Å². The van der Waals surface area contributed by atoms with Gasteiger partial charge in [-0.3, -0.25) is 0 Å². The molecule has 0 aromatic heterocycles. The number of aliphatic imine (C=N–C) groups is 1. The molecule has 1 aromatic carbocycles. The van der Waals surface area contributed by atoms with Crippen molar-refractivity contribution in [2.75, 3.05) is 6.54 Å². The average molecular weight is 270 g/mol. The number of aryl methyl sites for hydroxylation is 1. The molecule has 1 heterocycles. The van der Waals surface area contributed by atoms with Gasteiger partial charge in [-0.1, -0.05) is 23.4 Å². The molecule has 3 nitrogen and oxygen atoms in total. The summed E-state index contributed by atoms with van der Waals surface area (Å²) in [6.45, 7) is 2.15. The number of hydrogen-bond donors (Lipinski definition) is 1. The van der Waals surface area contributed by atoms with E-state index in [1.54, 1.807) is 0 Å². The second-order valence-corrected chi connectivity index (χ2v) is 5.42. The zero-order valence-corrected chi connectivity index (χ0v) is 10.8. The predicted octanol–water partition coefficient (Wildman–Crippen LogP) is 3.23. The van der Waals surface area contributed by atoms with Crippen molar-refractivity contribution in [1.29, 1.82) is 5.26 Å². The third-order valence-electron chi connectivity index (χ3n) is 1.97. The van der Waals surface area contributed by atoms with E-state index >= 15 is 0 Å². The van der Waals surface area contributed by atoms with Crippen molar-refractivity contribution in [1.82, 2.24) is 4.72 Å². The Balaban J connectivity index is 2.27. The first-order valence-electron chi connectivity index (χ1n) is 4.53. The molecular weight excluding hydrogens is 262 g/mol. The number of nitriles is 1. The van der Waals surface area contributed by atoms with Gasteiger partial charge in [0.2, 0.25) is 0 Å². The molecule has 2 rings (SSSR count). The molecule has 0 saturated heterocycles. The molecule has 0 fully saturated rings. The lowest BCUT2D eigenvalue weighted by Crippen LogP contribution is -2.16. The Kier molecular flexibility index (Phi) is 3.64. The number of fused-ring (bicyclic) bond motifs is 1. The lowest BCUT2D eigenvalue weighted by atomic mass is 10.2. The van der Waals surface area contributed by atoms with Crippen LogP contribution >= 0.6 is 35.3 Å². The molecule has 1 N–H and O–H groups in total. The van der Waals surface area contributed by atoms with Crippen LogP contribution in [0.25, 0.3) is 0 Å². The minimum absolute atomic E-state index is 0.171. The van der Waals surface area contributed by atoms with E-state index in [9.17, 15) is 0 Å². The monoisotopic (exact) mass is 269 g/mol. The van der Waals surface area contributed by atoms with E-state index < -0.39 is 0 Å². The van der Waals surface area contributed by atoms with Crippen molar-refractivity contribution < 1.29 is 0 Å². The molecule has 1 aromatic rings. The van der Waals surface area contributed by atoms with Crippen LogP contribution in [0.5, 0.6) is 0 Å². The zero-order valence-electron chi connectivity index (χ0n) is 8.45. The summed E-state index contributed by atoms with van der Waals surface area (Å²) in [4.78, 5) is 6.32. The number of nitrogens with zero attached hydrogens (tertiary/aromatic N) is 2. The highest BCUT2D eigenvalue weighted by Gasteiger charge is 2.16. The van der Waals surface area contributed by atoms with Gasteiger partial charge in [0.1, 0.15) is 6.54 Å². The molecule has 0 atom stereocenters. The minimum Gasteiger partial charge on any atom is -0.305 e.